The summed E-state index contributed by atoms with van der Waals surface area (Å²) in [6.07, 6.45) is 5.60. The Hall–Kier alpha value is -2.71. The van der Waals surface area contributed by atoms with E-state index in [0.29, 0.717) is 29.2 Å². The van der Waals surface area contributed by atoms with Crippen LogP contribution in [0.3, 0.4) is 0 Å². The van der Waals surface area contributed by atoms with E-state index in [2.05, 4.69) is 54.0 Å². The Balaban J connectivity index is 1.20. The Morgan fingerprint density at radius 2 is 1.56 bits per heavy atom. The normalized spacial score (nSPS) is 23.2. The Bertz CT molecular complexity index is 1320. The summed E-state index contributed by atoms with van der Waals surface area (Å²) < 4.78 is 23.6. The van der Waals surface area contributed by atoms with Crippen LogP contribution in [0, 0.1) is 17.3 Å². The summed E-state index contributed by atoms with van der Waals surface area (Å²) >= 11 is 0. The molecule has 2 atom stereocenters. The van der Waals surface area contributed by atoms with Gasteiger partial charge in [0.2, 0.25) is 11.8 Å². The lowest BCUT2D eigenvalue weighted by Crippen LogP contribution is -2.46. The van der Waals surface area contributed by atoms with Crippen LogP contribution in [0.25, 0.3) is 0 Å². The number of piperidine rings is 1. The van der Waals surface area contributed by atoms with Crippen LogP contribution in [-0.2, 0) is 26.0 Å². The molecule has 3 aliphatic rings. The van der Waals surface area contributed by atoms with Crippen molar-refractivity contribution in [2.24, 2.45) is 17.3 Å². The lowest BCUT2D eigenvalue weighted by atomic mass is 9.76. The number of carbonyl (C=O) groups excluding carboxylic acids is 2. The summed E-state index contributed by atoms with van der Waals surface area (Å²) in [5.74, 6) is 1.38. The van der Waals surface area contributed by atoms with Gasteiger partial charge in [-0.15, -0.1) is 0 Å². The third kappa shape index (κ3) is 6.38. The molecule has 3 saturated heterocycles. The van der Waals surface area contributed by atoms with Crippen LogP contribution in [0.1, 0.15) is 63.0 Å². The molecule has 3 heterocycles. The molecule has 0 bridgehead atoms. The maximum atomic E-state index is 13.6. The standard InChI is InChI=1S/C33H45N3O4S/c1-4-26(5-2)31(37)36-23-28(30(24-36)27-9-7-6-8-10-27)22-34-18-15-33(16-19-34)17-20-35(32(33)38)21-25-11-13-29(14-12-25)41(3,39)40/h6-14,26,28,30H,4-5,15-24H2,1-3H3/t28-,30+/m0/s1. The summed E-state index contributed by atoms with van der Waals surface area (Å²) in [5, 5.41) is 0. The van der Waals surface area contributed by atoms with E-state index in [-0.39, 0.29) is 17.2 Å². The first-order valence-corrected chi connectivity index (χ1v) is 17.2. The molecule has 0 unspecified atom stereocenters. The van der Waals surface area contributed by atoms with Gasteiger partial charge in [0.1, 0.15) is 0 Å². The van der Waals surface area contributed by atoms with Crippen molar-refractivity contribution in [3.8, 4) is 0 Å². The van der Waals surface area contributed by atoms with Gasteiger partial charge in [0, 0.05) is 50.8 Å². The molecule has 0 radical (unpaired) electrons. The van der Waals surface area contributed by atoms with Gasteiger partial charge in [0.05, 0.1) is 10.3 Å². The Labute approximate surface area is 245 Å². The Kier molecular flexibility index (Phi) is 8.90. The van der Waals surface area contributed by atoms with E-state index in [1.54, 1.807) is 12.1 Å². The first-order chi connectivity index (χ1) is 19.6. The number of rotatable bonds is 9. The van der Waals surface area contributed by atoms with Gasteiger partial charge in [0.25, 0.3) is 0 Å². The number of hydrogen-bond donors (Lipinski definition) is 0. The molecule has 5 rings (SSSR count). The average molecular weight is 580 g/mol. The minimum absolute atomic E-state index is 0.106. The number of benzene rings is 2. The molecule has 7 nitrogen and oxygen atoms in total. The van der Waals surface area contributed by atoms with Crippen LogP contribution in [-0.4, -0.2) is 80.5 Å². The number of carbonyl (C=O) groups is 2. The zero-order chi connectivity index (χ0) is 29.2. The SMILES string of the molecule is CCC(CC)C(=O)N1C[C@H](CN2CCC3(CC2)CCN(Cc2ccc(S(C)(=O)=O)cc2)C3=O)[C@@H](c2ccccc2)C1. The second-order valence-electron chi connectivity index (χ2n) is 12.5. The minimum atomic E-state index is -3.23. The molecule has 0 N–H and O–H groups in total. The fraction of sp³-hybridized carbons (Fsp3) is 0.576. The second kappa shape index (κ2) is 12.3. The molecule has 2 aromatic rings. The Morgan fingerprint density at radius 1 is 0.927 bits per heavy atom. The highest BCUT2D eigenvalue weighted by Crippen LogP contribution is 2.43. The number of sulfone groups is 1. The highest BCUT2D eigenvalue weighted by atomic mass is 32.2. The molecule has 0 aliphatic carbocycles. The quantitative estimate of drug-likeness (QED) is 0.435. The highest BCUT2D eigenvalue weighted by Gasteiger charge is 2.48. The monoisotopic (exact) mass is 579 g/mol. The van der Waals surface area contributed by atoms with Crippen molar-refractivity contribution in [1.82, 2.24) is 14.7 Å². The smallest absolute Gasteiger partial charge is 0.229 e. The Morgan fingerprint density at radius 3 is 2.17 bits per heavy atom. The van der Waals surface area contributed by atoms with E-state index in [1.807, 2.05) is 17.0 Å². The van der Waals surface area contributed by atoms with Crippen molar-refractivity contribution < 1.29 is 18.0 Å². The van der Waals surface area contributed by atoms with Gasteiger partial charge >= 0.3 is 0 Å². The maximum Gasteiger partial charge on any atom is 0.229 e. The molecule has 0 saturated carbocycles. The maximum absolute atomic E-state index is 13.6. The first-order valence-electron chi connectivity index (χ1n) is 15.3. The molecular formula is C33H45N3O4S. The third-order valence-electron chi connectivity index (χ3n) is 9.95. The lowest BCUT2D eigenvalue weighted by molar-refractivity contribution is -0.139. The number of likely N-dealkylation sites (tertiary alicyclic amines) is 3. The van der Waals surface area contributed by atoms with Gasteiger partial charge in [-0.1, -0.05) is 56.3 Å². The van der Waals surface area contributed by atoms with Crippen molar-refractivity contribution in [2.75, 3.05) is 45.5 Å². The summed E-state index contributed by atoms with van der Waals surface area (Å²) in [4.78, 5) is 33.8. The minimum Gasteiger partial charge on any atom is -0.341 e. The molecular weight excluding hydrogens is 534 g/mol. The molecule has 3 aliphatic heterocycles. The molecule has 3 fully saturated rings. The van der Waals surface area contributed by atoms with E-state index in [4.69, 9.17) is 0 Å². The van der Waals surface area contributed by atoms with Gasteiger partial charge in [-0.2, -0.15) is 0 Å². The molecule has 222 valence electrons. The van der Waals surface area contributed by atoms with Crippen molar-refractivity contribution in [3.63, 3.8) is 0 Å². The van der Waals surface area contributed by atoms with E-state index in [1.165, 1.54) is 11.8 Å². The molecule has 8 heteroatoms. The number of hydrogen-bond acceptors (Lipinski definition) is 5. The van der Waals surface area contributed by atoms with Crippen LogP contribution in [0.15, 0.2) is 59.5 Å². The molecule has 1 spiro atoms. The molecule has 41 heavy (non-hydrogen) atoms. The van der Waals surface area contributed by atoms with Crippen molar-refractivity contribution in [3.05, 3.63) is 65.7 Å². The van der Waals surface area contributed by atoms with E-state index >= 15 is 0 Å². The van der Waals surface area contributed by atoms with E-state index < -0.39 is 9.84 Å². The van der Waals surface area contributed by atoms with Crippen molar-refractivity contribution in [2.45, 2.75) is 63.3 Å². The van der Waals surface area contributed by atoms with Gasteiger partial charge in [-0.05, 0) is 74.4 Å². The fourth-order valence-corrected chi connectivity index (χ4v) is 7.91. The zero-order valence-electron chi connectivity index (χ0n) is 24.8. The lowest BCUT2D eigenvalue weighted by Gasteiger charge is -2.39. The molecule has 0 aromatic heterocycles. The average Bonchev–Trinajstić information content (AvgIpc) is 3.52. The van der Waals surface area contributed by atoms with Crippen LogP contribution >= 0.6 is 0 Å². The summed E-state index contributed by atoms with van der Waals surface area (Å²) in [5.41, 5.74) is 1.99. The van der Waals surface area contributed by atoms with Crippen LogP contribution in [0.5, 0.6) is 0 Å². The second-order valence-corrected chi connectivity index (χ2v) is 14.5. The van der Waals surface area contributed by atoms with Gasteiger partial charge in [-0.25, -0.2) is 8.42 Å². The highest BCUT2D eigenvalue weighted by molar-refractivity contribution is 7.90. The topological polar surface area (TPSA) is 78.0 Å². The predicted molar refractivity (Wildman–Crippen MR) is 161 cm³/mol. The van der Waals surface area contributed by atoms with Crippen molar-refractivity contribution >= 4 is 21.7 Å². The fourth-order valence-electron chi connectivity index (χ4n) is 7.28. The summed E-state index contributed by atoms with van der Waals surface area (Å²) in [6.45, 7) is 9.85. The number of amides is 2. The summed E-state index contributed by atoms with van der Waals surface area (Å²) in [7, 11) is -3.23. The van der Waals surface area contributed by atoms with Gasteiger partial charge in [-0.3, -0.25) is 9.59 Å². The first kappa shape index (κ1) is 29.8. The third-order valence-corrected chi connectivity index (χ3v) is 11.1. The largest absolute Gasteiger partial charge is 0.341 e. The summed E-state index contributed by atoms with van der Waals surface area (Å²) in [6, 6.07) is 17.5. The molecule has 2 aromatic carbocycles. The van der Waals surface area contributed by atoms with Gasteiger partial charge in [0.15, 0.2) is 9.84 Å². The van der Waals surface area contributed by atoms with E-state index in [0.717, 1.165) is 76.9 Å². The van der Waals surface area contributed by atoms with Crippen LogP contribution in [0.2, 0.25) is 0 Å². The zero-order valence-corrected chi connectivity index (χ0v) is 25.6. The van der Waals surface area contributed by atoms with Crippen LogP contribution < -0.4 is 0 Å². The number of nitrogens with zero attached hydrogens (tertiary/aromatic N) is 3. The van der Waals surface area contributed by atoms with Gasteiger partial charge < -0.3 is 14.7 Å². The van der Waals surface area contributed by atoms with Crippen molar-refractivity contribution in [1.29, 1.82) is 0 Å². The predicted octanol–water partition coefficient (Wildman–Crippen LogP) is 4.58. The van der Waals surface area contributed by atoms with E-state index in [9.17, 15) is 18.0 Å². The van der Waals surface area contributed by atoms with Crippen LogP contribution in [0.4, 0.5) is 0 Å². The molecule has 2 amide bonds.